The zero-order chi connectivity index (χ0) is 12.9. The predicted molar refractivity (Wildman–Crippen MR) is 63.8 cm³/mol. The van der Waals surface area contributed by atoms with E-state index < -0.39 is 5.97 Å². The van der Waals surface area contributed by atoms with Gasteiger partial charge in [0.1, 0.15) is 6.54 Å². The maximum absolute atomic E-state index is 11.2. The zero-order valence-corrected chi connectivity index (χ0v) is 10.6. The Balaban J connectivity index is 3.31. The number of carbonyl (C=O) groups is 2. The molecule has 100 valence electrons. The van der Waals surface area contributed by atoms with E-state index in [-0.39, 0.29) is 12.6 Å². The van der Waals surface area contributed by atoms with Gasteiger partial charge in [0.2, 0.25) is 0 Å². The van der Waals surface area contributed by atoms with Crippen LogP contribution in [0.2, 0.25) is 0 Å². The van der Waals surface area contributed by atoms with Crippen LogP contribution < -0.4 is 10.6 Å². The highest BCUT2D eigenvalue weighted by Crippen LogP contribution is 1.84. The molecule has 0 heterocycles. The van der Waals surface area contributed by atoms with Crippen molar-refractivity contribution < 1.29 is 19.1 Å². The number of nitrogens with one attached hydrogen (secondary N) is 2. The number of esters is 1. The van der Waals surface area contributed by atoms with Crippen LogP contribution in [0.25, 0.3) is 0 Å². The molecule has 0 radical (unpaired) electrons. The van der Waals surface area contributed by atoms with E-state index in [0.717, 1.165) is 19.4 Å². The lowest BCUT2D eigenvalue weighted by Crippen LogP contribution is -2.39. The maximum Gasteiger partial charge on any atom is 0.325 e. The topological polar surface area (TPSA) is 76.7 Å². The minimum absolute atomic E-state index is 0.105. The van der Waals surface area contributed by atoms with Crippen LogP contribution in [0.15, 0.2) is 0 Å². The van der Waals surface area contributed by atoms with Crippen molar-refractivity contribution in [2.24, 2.45) is 0 Å². The van der Waals surface area contributed by atoms with Crippen LogP contribution in [0.5, 0.6) is 0 Å². The van der Waals surface area contributed by atoms with Gasteiger partial charge in [0.15, 0.2) is 0 Å². The summed E-state index contributed by atoms with van der Waals surface area (Å²) in [5.41, 5.74) is 0. The van der Waals surface area contributed by atoms with Gasteiger partial charge in [-0.1, -0.05) is 6.92 Å². The van der Waals surface area contributed by atoms with Crippen molar-refractivity contribution in [3.63, 3.8) is 0 Å². The molecule has 2 amide bonds. The summed E-state index contributed by atoms with van der Waals surface area (Å²) in [5.74, 6) is -0.436. The molecule has 6 nitrogen and oxygen atoms in total. The van der Waals surface area contributed by atoms with E-state index in [1.807, 2.05) is 6.92 Å². The van der Waals surface area contributed by atoms with Gasteiger partial charge in [0.05, 0.1) is 6.61 Å². The summed E-state index contributed by atoms with van der Waals surface area (Å²) in [7, 11) is 0. The summed E-state index contributed by atoms with van der Waals surface area (Å²) in [4.78, 5) is 22.1. The number of ether oxygens (including phenoxy) is 2. The lowest BCUT2D eigenvalue weighted by Gasteiger charge is -2.07. The summed E-state index contributed by atoms with van der Waals surface area (Å²) < 4.78 is 9.91. The standard InChI is InChI=1S/C11H22N2O4/c1-3-7-16-8-5-6-12-11(15)13-9-10(14)17-4-2/h3-9H2,1-2H3,(H2,12,13,15). The van der Waals surface area contributed by atoms with Crippen LogP contribution in [0.3, 0.4) is 0 Å². The van der Waals surface area contributed by atoms with E-state index in [1.54, 1.807) is 6.92 Å². The molecule has 0 atom stereocenters. The van der Waals surface area contributed by atoms with E-state index in [0.29, 0.717) is 19.8 Å². The molecular weight excluding hydrogens is 224 g/mol. The van der Waals surface area contributed by atoms with Gasteiger partial charge in [-0.3, -0.25) is 4.79 Å². The molecule has 17 heavy (non-hydrogen) atoms. The van der Waals surface area contributed by atoms with Crippen LogP contribution in [-0.2, 0) is 14.3 Å². The Morgan fingerprint density at radius 1 is 1.12 bits per heavy atom. The third-order valence-corrected chi connectivity index (χ3v) is 1.80. The Bertz CT molecular complexity index is 222. The molecule has 2 N–H and O–H groups in total. The number of hydrogen-bond donors (Lipinski definition) is 2. The first-order valence-electron chi connectivity index (χ1n) is 5.95. The summed E-state index contributed by atoms with van der Waals surface area (Å²) in [6.07, 6.45) is 1.75. The van der Waals surface area contributed by atoms with Gasteiger partial charge in [-0.05, 0) is 19.8 Å². The van der Waals surface area contributed by atoms with Gasteiger partial charge >= 0.3 is 12.0 Å². The van der Waals surface area contributed by atoms with Gasteiger partial charge < -0.3 is 20.1 Å². The molecule has 0 aromatic rings. The van der Waals surface area contributed by atoms with Gasteiger partial charge in [-0.15, -0.1) is 0 Å². The zero-order valence-electron chi connectivity index (χ0n) is 10.6. The number of carbonyl (C=O) groups excluding carboxylic acids is 2. The number of hydrogen-bond acceptors (Lipinski definition) is 4. The average Bonchev–Trinajstić information content (AvgIpc) is 2.31. The molecule has 6 heteroatoms. The summed E-state index contributed by atoms with van der Waals surface area (Å²) >= 11 is 0. The second-order valence-corrected chi connectivity index (χ2v) is 3.38. The van der Waals surface area contributed by atoms with E-state index in [2.05, 4.69) is 15.4 Å². The number of urea groups is 1. The number of amides is 2. The Morgan fingerprint density at radius 3 is 2.53 bits per heavy atom. The lowest BCUT2D eigenvalue weighted by molar-refractivity contribution is -0.141. The quantitative estimate of drug-likeness (QED) is 0.463. The minimum atomic E-state index is -0.436. The Morgan fingerprint density at radius 2 is 1.88 bits per heavy atom. The lowest BCUT2D eigenvalue weighted by atomic mass is 10.4. The molecule has 0 aliphatic rings. The highest BCUT2D eigenvalue weighted by Gasteiger charge is 2.04. The molecule has 0 bridgehead atoms. The molecule has 0 saturated carbocycles. The second-order valence-electron chi connectivity index (χ2n) is 3.38. The van der Waals surface area contributed by atoms with Crippen molar-refractivity contribution in [2.75, 3.05) is 32.9 Å². The van der Waals surface area contributed by atoms with Gasteiger partial charge in [0.25, 0.3) is 0 Å². The smallest absolute Gasteiger partial charge is 0.325 e. The van der Waals surface area contributed by atoms with Crippen molar-refractivity contribution in [3.8, 4) is 0 Å². The molecule has 0 spiro atoms. The van der Waals surface area contributed by atoms with E-state index in [4.69, 9.17) is 4.74 Å². The first-order chi connectivity index (χ1) is 8.20. The minimum Gasteiger partial charge on any atom is -0.465 e. The van der Waals surface area contributed by atoms with E-state index >= 15 is 0 Å². The van der Waals surface area contributed by atoms with Crippen LogP contribution in [0.4, 0.5) is 4.79 Å². The fourth-order valence-corrected chi connectivity index (χ4v) is 1.05. The third kappa shape index (κ3) is 11.0. The van der Waals surface area contributed by atoms with Crippen molar-refractivity contribution in [3.05, 3.63) is 0 Å². The van der Waals surface area contributed by atoms with E-state index in [9.17, 15) is 9.59 Å². The molecule has 0 aliphatic heterocycles. The highest BCUT2D eigenvalue weighted by atomic mass is 16.5. The molecule has 0 saturated heterocycles. The molecule has 0 rings (SSSR count). The van der Waals surface area contributed by atoms with Crippen molar-refractivity contribution in [2.45, 2.75) is 26.7 Å². The SMILES string of the molecule is CCCOCCCNC(=O)NCC(=O)OCC. The van der Waals surface area contributed by atoms with Crippen molar-refractivity contribution in [1.29, 1.82) is 0 Å². The molecule has 0 fully saturated rings. The van der Waals surface area contributed by atoms with E-state index in [1.165, 1.54) is 0 Å². The normalized spacial score (nSPS) is 9.76. The monoisotopic (exact) mass is 246 g/mol. The molecule has 0 unspecified atom stereocenters. The van der Waals surface area contributed by atoms with Gasteiger partial charge in [-0.25, -0.2) is 4.79 Å². The van der Waals surface area contributed by atoms with Gasteiger partial charge in [-0.2, -0.15) is 0 Å². The molecule has 0 aliphatic carbocycles. The maximum atomic E-state index is 11.2. The van der Waals surface area contributed by atoms with Crippen LogP contribution in [0, 0.1) is 0 Å². The Kier molecular flexibility index (Phi) is 10.3. The molecular formula is C11H22N2O4. The van der Waals surface area contributed by atoms with Crippen molar-refractivity contribution >= 4 is 12.0 Å². The predicted octanol–water partition coefficient (Wildman–Crippen LogP) is 0.665. The van der Waals surface area contributed by atoms with Crippen LogP contribution >= 0.6 is 0 Å². The largest absolute Gasteiger partial charge is 0.465 e. The fourth-order valence-electron chi connectivity index (χ4n) is 1.05. The first-order valence-corrected chi connectivity index (χ1v) is 5.95. The second kappa shape index (κ2) is 11.2. The highest BCUT2D eigenvalue weighted by molar-refractivity contribution is 5.80. The van der Waals surface area contributed by atoms with Gasteiger partial charge in [0, 0.05) is 19.8 Å². The summed E-state index contributed by atoms with van der Waals surface area (Å²) in [6, 6.07) is -0.367. The molecule has 0 aromatic carbocycles. The molecule has 0 aromatic heterocycles. The Labute approximate surface area is 102 Å². The fraction of sp³-hybridized carbons (Fsp3) is 0.818. The number of rotatable bonds is 9. The third-order valence-electron chi connectivity index (χ3n) is 1.80. The summed E-state index contributed by atoms with van der Waals surface area (Å²) in [6.45, 7) is 5.87. The average molecular weight is 246 g/mol. The first kappa shape index (κ1) is 15.7. The summed E-state index contributed by atoms with van der Waals surface area (Å²) in [5, 5.41) is 5.02. The van der Waals surface area contributed by atoms with Crippen molar-refractivity contribution in [1.82, 2.24) is 10.6 Å². The van der Waals surface area contributed by atoms with Crippen LogP contribution in [0.1, 0.15) is 26.7 Å². The Hall–Kier alpha value is -1.30. The van der Waals surface area contributed by atoms with Crippen LogP contribution in [-0.4, -0.2) is 44.9 Å².